The molecule has 0 radical (unpaired) electrons. The molecule has 2 aromatic heterocycles. The summed E-state index contributed by atoms with van der Waals surface area (Å²) in [5.41, 5.74) is 0.428. The second kappa shape index (κ2) is 10.0. The average Bonchev–Trinajstić information content (AvgIpc) is 3.46. The fourth-order valence-electron chi connectivity index (χ4n) is 3.63. The van der Waals surface area contributed by atoms with Gasteiger partial charge in [-0.15, -0.1) is 11.3 Å². The number of carbonyl (C=O) groups is 1. The number of carbonyl (C=O) groups excluding carboxylic acids is 1. The number of benzene rings is 1. The van der Waals surface area contributed by atoms with Gasteiger partial charge in [0.15, 0.2) is 0 Å². The molecule has 158 valence electrons. The third kappa shape index (κ3) is 5.16. The van der Waals surface area contributed by atoms with Gasteiger partial charge in [0.25, 0.3) is 0 Å². The number of ether oxygens (including phenoxy) is 1. The van der Waals surface area contributed by atoms with E-state index in [0.717, 1.165) is 26.3 Å². The summed E-state index contributed by atoms with van der Waals surface area (Å²) in [6.45, 7) is 3.74. The number of thiophene rings is 1. The van der Waals surface area contributed by atoms with Gasteiger partial charge in [0.2, 0.25) is 5.91 Å². The van der Waals surface area contributed by atoms with E-state index < -0.39 is 0 Å². The predicted molar refractivity (Wildman–Crippen MR) is 115 cm³/mol. The number of nitrogens with zero attached hydrogens (tertiary/aromatic N) is 1. The largest absolute Gasteiger partial charge is 0.461 e. The molecule has 1 fully saturated rings. The van der Waals surface area contributed by atoms with Crippen molar-refractivity contribution in [3.8, 4) is 11.3 Å². The van der Waals surface area contributed by atoms with Crippen LogP contribution in [0.2, 0.25) is 0 Å². The van der Waals surface area contributed by atoms with Crippen LogP contribution >= 0.6 is 11.3 Å². The molecule has 1 amide bonds. The van der Waals surface area contributed by atoms with Crippen molar-refractivity contribution in [2.75, 3.05) is 32.8 Å². The van der Waals surface area contributed by atoms with Crippen molar-refractivity contribution >= 4 is 17.2 Å². The van der Waals surface area contributed by atoms with Gasteiger partial charge in [-0.25, -0.2) is 4.39 Å². The first kappa shape index (κ1) is 20.8. The molecule has 30 heavy (non-hydrogen) atoms. The number of rotatable bonds is 8. The lowest BCUT2D eigenvalue weighted by Gasteiger charge is -2.34. The minimum atomic E-state index is -0.320. The molecule has 4 rings (SSSR count). The molecule has 1 saturated heterocycles. The van der Waals surface area contributed by atoms with E-state index in [-0.39, 0.29) is 17.8 Å². The molecule has 7 heteroatoms. The Balaban J connectivity index is 1.30. The fourth-order valence-corrected chi connectivity index (χ4v) is 4.49. The summed E-state index contributed by atoms with van der Waals surface area (Å²) in [6.07, 6.45) is 0.798. The highest BCUT2D eigenvalue weighted by Crippen LogP contribution is 2.26. The molecule has 0 spiro atoms. The van der Waals surface area contributed by atoms with Crippen molar-refractivity contribution in [3.63, 3.8) is 0 Å². The smallest absolute Gasteiger partial charge is 0.220 e. The summed E-state index contributed by atoms with van der Waals surface area (Å²) in [5.74, 6) is 0.813. The molecular formula is C23H25FN2O3S. The van der Waals surface area contributed by atoms with Crippen molar-refractivity contribution in [1.82, 2.24) is 10.2 Å². The SMILES string of the molecule is O=C(CCc1ccc(-c2ccccc2F)o1)NC[C@@H](c1cccs1)N1CCOCC1. The van der Waals surface area contributed by atoms with Crippen LogP contribution in [0.4, 0.5) is 4.39 Å². The van der Waals surface area contributed by atoms with Crippen LogP contribution in [0.5, 0.6) is 0 Å². The minimum absolute atomic E-state index is 0.0198. The van der Waals surface area contributed by atoms with Gasteiger partial charge in [-0.2, -0.15) is 0 Å². The minimum Gasteiger partial charge on any atom is -0.461 e. The van der Waals surface area contributed by atoms with Gasteiger partial charge < -0.3 is 14.5 Å². The van der Waals surface area contributed by atoms with E-state index in [0.29, 0.717) is 36.5 Å². The Morgan fingerprint density at radius 3 is 2.73 bits per heavy atom. The molecule has 3 aromatic rings. The maximum atomic E-state index is 13.9. The molecule has 1 N–H and O–H groups in total. The quantitative estimate of drug-likeness (QED) is 0.582. The number of nitrogens with one attached hydrogen (secondary N) is 1. The van der Waals surface area contributed by atoms with Crippen molar-refractivity contribution < 1.29 is 18.3 Å². The lowest BCUT2D eigenvalue weighted by molar-refractivity contribution is -0.121. The van der Waals surface area contributed by atoms with Gasteiger partial charge in [-0.05, 0) is 35.7 Å². The normalized spacial score (nSPS) is 15.8. The second-order valence-electron chi connectivity index (χ2n) is 7.23. The Morgan fingerprint density at radius 1 is 1.13 bits per heavy atom. The Bertz CT molecular complexity index is 951. The first-order valence-electron chi connectivity index (χ1n) is 10.2. The highest BCUT2D eigenvalue weighted by Gasteiger charge is 2.24. The zero-order chi connectivity index (χ0) is 20.8. The summed E-state index contributed by atoms with van der Waals surface area (Å²) >= 11 is 1.71. The molecule has 0 bridgehead atoms. The van der Waals surface area contributed by atoms with Crippen LogP contribution in [-0.2, 0) is 16.0 Å². The zero-order valence-corrected chi connectivity index (χ0v) is 17.5. The molecule has 3 heterocycles. The molecule has 0 unspecified atom stereocenters. The molecule has 0 aliphatic carbocycles. The van der Waals surface area contributed by atoms with Crippen molar-refractivity contribution in [2.45, 2.75) is 18.9 Å². The molecule has 0 saturated carbocycles. The van der Waals surface area contributed by atoms with Crippen LogP contribution in [0.1, 0.15) is 23.1 Å². The van der Waals surface area contributed by atoms with Gasteiger partial charge in [-0.3, -0.25) is 9.69 Å². The number of amides is 1. The maximum absolute atomic E-state index is 13.9. The summed E-state index contributed by atoms with van der Waals surface area (Å²) in [7, 11) is 0. The number of aryl methyl sites for hydroxylation is 1. The standard InChI is InChI=1S/C23H25FN2O3S/c24-19-5-2-1-4-18(19)21-9-7-17(29-21)8-10-23(27)25-16-20(22-6-3-15-30-22)26-11-13-28-14-12-26/h1-7,9,15,20H,8,10-14,16H2,(H,25,27)/t20-/m0/s1. The van der Waals surface area contributed by atoms with E-state index in [9.17, 15) is 9.18 Å². The van der Waals surface area contributed by atoms with Gasteiger partial charge in [0.05, 0.1) is 24.8 Å². The van der Waals surface area contributed by atoms with Crippen molar-refractivity contribution in [1.29, 1.82) is 0 Å². The second-order valence-corrected chi connectivity index (χ2v) is 8.21. The molecule has 1 aliphatic rings. The van der Waals surface area contributed by atoms with Crippen molar-refractivity contribution in [2.24, 2.45) is 0 Å². The van der Waals surface area contributed by atoms with E-state index in [1.54, 1.807) is 41.7 Å². The molecule has 1 aliphatic heterocycles. The van der Waals surface area contributed by atoms with Crippen LogP contribution < -0.4 is 5.32 Å². The first-order chi connectivity index (χ1) is 14.7. The maximum Gasteiger partial charge on any atom is 0.220 e. The Kier molecular flexibility index (Phi) is 6.94. The Labute approximate surface area is 179 Å². The van der Waals surface area contributed by atoms with E-state index in [2.05, 4.69) is 21.7 Å². The van der Waals surface area contributed by atoms with Crippen LogP contribution in [-0.4, -0.2) is 43.7 Å². The highest BCUT2D eigenvalue weighted by atomic mass is 32.1. The zero-order valence-electron chi connectivity index (χ0n) is 16.7. The van der Waals surface area contributed by atoms with Crippen LogP contribution in [0.25, 0.3) is 11.3 Å². The van der Waals surface area contributed by atoms with Crippen LogP contribution in [0, 0.1) is 5.82 Å². The van der Waals surface area contributed by atoms with E-state index in [1.165, 1.54) is 10.9 Å². The lowest BCUT2D eigenvalue weighted by atomic mass is 10.1. The molecular weight excluding hydrogens is 403 g/mol. The Morgan fingerprint density at radius 2 is 1.97 bits per heavy atom. The number of halogens is 1. The monoisotopic (exact) mass is 428 g/mol. The van der Waals surface area contributed by atoms with Gasteiger partial charge in [0.1, 0.15) is 17.3 Å². The number of hydrogen-bond acceptors (Lipinski definition) is 5. The highest BCUT2D eigenvalue weighted by molar-refractivity contribution is 7.10. The topological polar surface area (TPSA) is 54.7 Å². The number of furan rings is 1. The third-order valence-corrected chi connectivity index (χ3v) is 6.22. The molecule has 1 aromatic carbocycles. The predicted octanol–water partition coefficient (Wildman–Crippen LogP) is 4.27. The van der Waals surface area contributed by atoms with E-state index in [4.69, 9.17) is 9.15 Å². The lowest BCUT2D eigenvalue weighted by Crippen LogP contribution is -2.43. The summed E-state index contributed by atoms with van der Waals surface area (Å²) in [5, 5.41) is 5.13. The number of hydrogen-bond donors (Lipinski definition) is 1. The third-order valence-electron chi connectivity index (χ3n) is 5.25. The Hall–Kier alpha value is -2.48. The summed E-state index contributed by atoms with van der Waals surface area (Å²) in [4.78, 5) is 16.1. The van der Waals surface area contributed by atoms with Gasteiger partial charge in [0, 0.05) is 37.4 Å². The fraction of sp³-hybridized carbons (Fsp3) is 0.348. The number of morpholine rings is 1. The molecule has 5 nitrogen and oxygen atoms in total. The molecule has 1 atom stereocenters. The summed E-state index contributed by atoms with van der Waals surface area (Å²) in [6, 6.07) is 14.4. The van der Waals surface area contributed by atoms with Crippen molar-refractivity contribution in [3.05, 3.63) is 70.4 Å². The summed E-state index contributed by atoms with van der Waals surface area (Å²) < 4.78 is 25.1. The van der Waals surface area contributed by atoms with E-state index >= 15 is 0 Å². The van der Waals surface area contributed by atoms with E-state index in [1.807, 2.05) is 6.07 Å². The van der Waals surface area contributed by atoms with Crippen LogP contribution in [0.3, 0.4) is 0 Å². The van der Waals surface area contributed by atoms with Gasteiger partial charge >= 0.3 is 0 Å². The average molecular weight is 429 g/mol. The first-order valence-corrected chi connectivity index (χ1v) is 11.0. The van der Waals surface area contributed by atoms with Crippen LogP contribution in [0.15, 0.2) is 58.3 Å². The van der Waals surface area contributed by atoms with Gasteiger partial charge in [-0.1, -0.05) is 18.2 Å².